The number of hydrogen-bond acceptors (Lipinski definition) is 4. The van der Waals surface area contributed by atoms with Gasteiger partial charge in [-0.25, -0.2) is 13.1 Å². The van der Waals surface area contributed by atoms with Crippen molar-refractivity contribution < 1.29 is 8.42 Å². The molecule has 18 heavy (non-hydrogen) atoms. The van der Waals surface area contributed by atoms with E-state index in [4.69, 9.17) is 0 Å². The molecule has 0 unspecified atom stereocenters. The average Bonchev–Trinajstić information content (AvgIpc) is 2.73. The smallest absolute Gasteiger partial charge is 0.250 e. The topological polar surface area (TPSA) is 58.2 Å². The van der Waals surface area contributed by atoms with Crippen molar-refractivity contribution in [3.8, 4) is 0 Å². The summed E-state index contributed by atoms with van der Waals surface area (Å²) in [5.74, 6) is 0. The SMILES string of the molecule is CCNCc1csc(S(=O)(=O)NC2(C)CCC2)c1. The van der Waals surface area contributed by atoms with Gasteiger partial charge in [0.2, 0.25) is 0 Å². The molecule has 1 saturated carbocycles. The first-order valence-corrected chi connectivity index (χ1v) is 8.64. The molecule has 1 heterocycles. The van der Waals surface area contributed by atoms with E-state index >= 15 is 0 Å². The van der Waals surface area contributed by atoms with Crippen molar-refractivity contribution in [2.24, 2.45) is 0 Å². The van der Waals surface area contributed by atoms with Crippen molar-refractivity contribution in [2.45, 2.75) is 49.4 Å². The minimum absolute atomic E-state index is 0.231. The van der Waals surface area contributed by atoms with Gasteiger partial charge in [-0.05, 0) is 49.7 Å². The van der Waals surface area contributed by atoms with Crippen LogP contribution in [0.1, 0.15) is 38.7 Å². The van der Waals surface area contributed by atoms with Gasteiger partial charge in [0.05, 0.1) is 0 Å². The van der Waals surface area contributed by atoms with Gasteiger partial charge in [-0.1, -0.05) is 6.92 Å². The molecule has 0 radical (unpaired) electrons. The van der Waals surface area contributed by atoms with E-state index in [-0.39, 0.29) is 5.54 Å². The van der Waals surface area contributed by atoms with Crippen molar-refractivity contribution in [3.63, 3.8) is 0 Å². The molecule has 0 aliphatic heterocycles. The standard InChI is InChI=1S/C12H20N2O2S2/c1-3-13-8-10-7-11(17-9-10)18(15,16)14-12(2)5-4-6-12/h7,9,13-14H,3-6,8H2,1-2H3. The summed E-state index contributed by atoms with van der Waals surface area (Å²) in [6.45, 7) is 5.61. The van der Waals surface area contributed by atoms with Crippen LogP contribution in [0.15, 0.2) is 15.7 Å². The molecule has 4 nitrogen and oxygen atoms in total. The van der Waals surface area contributed by atoms with Crippen LogP contribution in [0.4, 0.5) is 0 Å². The third-order valence-corrected chi connectivity index (χ3v) is 6.44. The molecule has 2 rings (SSSR count). The highest BCUT2D eigenvalue weighted by Crippen LogP contribution is 2.33. The van der Waals surface area contributed by atoms with Crippen molar-refractivity contribution in [1.82, 2.24) is 10.0 Å². The molecule has 0 bridgehead atoms. The zero-order valence-corrected chi connectivity index (χ0v) is 12.5. The molecule has 0 saturated heterocycles. The minimum atomic E-state index is -3.34. The van der Waals surface area contributed by atoms with E-state index in [9.17, 15) is 8.42 Å². The highest BCUT2D eigenvalue weighted by Gasteiger charge is 2.36. The Kier molecular flexibility index (Phi) is 4.11. The Morgan fingerprint density at radius 1 is 1.44 bits per heavy atom. The lowest BCUT2D eigenvalue weighted by atomic mass is 9.80. The third-order valence-electron chi connectivity index (χ3n) is 3.31. The Balaban J connectivity index is 2.07. The number of nitrogens with one attached hydrogen (secondary N) is 2. The van der Waals surface area contributed by atoms with Gasteiger partial charge in [0, 0.05) is 12.1 Å². The van der Waals surface area contributed by atoms with E-state index in [0.29, 0.717) is 4.21 Å². The Hall–Kier alpha value is -0.430. The quantitative estimate of drug-likeness (QED) is 0.842. The summed E-state index contributed by atoms with van der Waals surface area (Å²) >= 11 is 1.29. The van der Waals surface area contributed by atoms with Gasteiger partial charge >= 0.3 is 0 Å². The second-order valence-electron chi connectivity index (χ2n) is 5.07. The molecule has 0 amide bonds. The van der Waals surface area contributed by atoms with Crippen LogP contribution < -0.4 is 10.0 Å². The van der Waals surface area contributed by atoms with Crippen LogP contribution in [0.25, 0.3) is 0 Å². The monoisotopic (exact) mass is 288 g/mol. The largest absolute Gasteiger partial charge is 0.313 e. The second-order valence-corrected chi connectivity index (χ2v) is 7.89. The molecule has 1 fully saturated rings. The summed E-state index contributed by atoms with van der Waals surface area (Å²) in [6, 6.07) is 1.76. The zero-order valence-electron chi connectivity index (χ0n) is 10.8. The summed E-state index contributed by atoms with van der Waals surface area (Å²) < 4.78 is 27.7. The number of sulfonamides is 1. The number of thiophene rings is 1. The van der Waals surface area contributed by atoms with Crippen molar-refractivity contribution in [2.75, 3.05) is 6.54 Å². The van der Waals surface area contributed by atoms with Crippen LogP contribution in [0.2, 0.25) is 0 Å². The summed E-state index contributed by atoms with van der Waals surface area (Å²) in [4.78, 5) is 0. The molecule has 6 heteroatoms. The zero-order chi connectivity index (χ0) is 13.2. The molecule has 0 atom stereocenters. The van der Waals surface area contributed by atoms with Crippen molar-refractivity contribution >= 4 is 21.4 Å². The molecule has 102 valence electrons. The lowest BCUT2D eigenvalue weighted by molar-refractivity contribution is 0.248. The Bertz CT molecular complexity index is 504. The number of rotatable bonds is 6. The molecular formula is C12H20N2O2S2. The van der Waals surface area contributed by atoms with Gasteiger partial charge < -0.3 is 5.32 Å². The van der Waals surface area contributed by atoms with E-state index in [1.54, 1.807) is 6.07 Å². The molecular weight excluding hydrogens is 268 g/mol. The van der Waals surface area contributed by atoms with Crippen LogP contribution >= 0.6 is 11.3 Å². The normalized spacial score (nSPS) is 18.6. The van der Waals surface area contributed by atoms with Crippen molar-refractivity contribution in [1.29, 1.82) is 0 Å². The van der Waals surface area contributed by atoms with E-state index in [1.807, 2.05) is 19.2 Å². The van der Waals surface area contributed by atoms with Crippen LogP contribution in [0.3, 0.4) is 0 Å². The maximum atomic E-state index is 12.2. The molecule has 2 N–H and O–H groups in total. The Morgan fingerprint density at radius 2 is 2.17 bits per heavy atom. The highest BCUT2D eigenvalue weighted by atomic mass is 32.2. The minimum Gasteiger partial charge on any atom is -0.313 e. The average molecular weight is 288 g/mol. The van der Waals surface area contributed by atoms with Crippen LogP contribution in [0, 0.1) is 0 Å². The van der Waals surface area contributed by atoms with Gasteiger partial charge in [-0.15, -0.1) is 11.3 Å². The predicted molar refractivity (Wildman–Crippen MR) is 74.3 cm³/mol. The fraction of sp³-hybridized carbons (Fsp3) is 0.667. The van der Waals surface area contributed by atoms with Gasteiger partial charge in [0.15, 0.2) is 0 Å². The third kappa shape index (κ3) is 3.12. The number of hydrogen-bond donors (Lipinski definition) is 2. The van der Waals surface area contributed by atoms with Gasteiger partial charge in [-0.2, -0.15) is 0 Å². The summed E-state index contributed by atoms with van der Waals surface area (Å²) in [6.07, 6.45) is 2.97. The molecule has 1 aromatic heterocycles. The van der Waals surface area contributed by atoms with Gasteiger partial charge in [0.25, 0.3) is 10.0 Å². The first kappa shape index (κ1) is 14.0. The van der Waals surface area contributed by atoms with E-state index < -0.39 is 10.0 Å². The second kappa shape index (κ2) is 5.28. The Morgan fingerprint density at radius 3 is 2.72 bits per heavy atom. The maximum Gasteiger partial charge on any atom is 0.250 e. The fourth-order valence-electron chi connectivity index (χ4n) is 2.04. The van der Waals surface area contributed by atoms with Crippen LogP contribution in [-0.4, -0.2) is 20.5 Å². The van der Waals surface area contributed by atoms with Crippen LogP contribution in [0.5, 0.6) is 0 Å². The first-order chi connectivity index (χ1) is 8.45. The predicted octanol–water partition coefficient (Wildman–Crippen LogP) is 2.08. The van der Waals surface area contributed by atoms with Gasteiger partial charge in [-0.3, -0.25) is 0 Å². The Labute approximate surface area is 113 Å². The van der Waals surface area contributed by atoms with E-state index in [2.05, 4.69) is 10.0 Å². The first-order valence-electron chi connectivity index (χ1n) is 6.27. The van der Waals surface area contributed by atoms with Crippen molar-refractivity contribution in [3.05, 3.63) is 17.0 Å². The molecule has 0 aromatic carbocycles. The molecule has 0 spiro atoms. The molecule has 1 aliphatic rings. The van der Waals surface area contributed by atoms with E-state index in [1.165, 1.54) is 11.3 Å². The summed E-state index contributed by atoms with van der Waals surface area (Å²) in [5, 5.41) is 5.09. The lowest BCUT2D eigenvalue weighted by Gasteiger charge is -2.38. The highest BCUT2D eigenvalue weighted by molar-refractivity contribution is 7.91. The maximum absolute atomic E-state index is 12.2. The van der Waals surface area contributed by atoms with E-state index in [0.717, 1.165) is 37.9 Å². The summed E-state index contributed by atoms with van der Waals surface area (Å²) in [7, 11) is -3.34. The lowest BCUT2D eigenvalue weighted by Crippen LogP contribution is -2.50. The summed E-state index contributed by atoms with van der Waals surface area (Å²) in [5.41, 5.74) is 0.797. The fourth-order valence-corrected chi connectivity index (χ4v) is 4.71. The van der Waals surface area contributed by atoms with Gasteiger partial charge in [0.1, 0.15) is 4.21 Å². The van der Waals surface area contributed by atoms with Crippen LogP contribution in [-0.2, 0) is 16.6 Å². The molecule has 1 aliphatic carbocycles. The molecule has 1 aromatic rings.